The van der Waals surface area contributed by atoms with Crippen molar-refractivity contribution in [3.05, 3.63) is 54.0 Å². The molecule has 26 heavy (non-hydrogen) atoms. The van der Waals surface area contributed by atoms with Crippen LogP contribution in [0.2, 0.25) is 0 Å². The van der Waals surface area contributed by atoms with Crippen LogP contribution in [0, 0.1) is 5.82 Å². The van der Waals surface area contributed by atoms with Crippen molar-refractivity contribution >= 4 is 23.5 Å². The number of likely N-dealkylation sites (N-methyl/N-ethyl adjacent to an activating group) is 1. The molecule has 3 rings (SSSR count). The quantitative estimate of drug-likeness (QED) is 0.787. The lowest BCUT2D eigenvalue weighted by Crippen LogP contribution is -2.44. The molecule has 0 bridgehead atoms. The van der Waals surface area contributed by atoms with Crippen LogP contribution in [0.1, 0.15) is 5.56 Å². The normalized spacial score (nSPS) is 15.1. The van der Waals surface area contributed by atoms with Gasteiger partial charge in [-0.05, 0) is 30.8 Å². The molecule has 0 saturated carbocycles. The Morgan fingerprint density at radius 1 is 1.19 bits per heavy atom. The van der Waals surface area contributed by atoms with Crippen LogP contribution >= 0.6 is 11.8 Å². The second kappa shape index (κ2) is 9.00. The first kappa shape index (κ1) is 18.7. The number of piperazine rings is 1. The first-order valence-electron chi connectivity index (χ1n) is 8.64. The maximum atomic E-state index is 13.5. The predicted octanol–water partition coefficient (Wildman–Crippen LogP) is 2.38. The average Bonchev–Trinajstić information content (AvgIpc) is 2.67. The predicted molar refractivity (Wildman–Crippen MR) is 103 cm³/mol. The van der Waals surface area contributed by atoms with Gasteiger partial charge in [0.15, 0.2) is 0 Å². The minimum atomic E-state index is -0.297. The van der Waals surface area contributed by atoms with Crippen LogP contribution in [-0.2, 0) is 11.3 Å². The summed E-state index contributed by atoms with van der Waals surface area (Å²) in [6.07, 6.45) is 1.80. The Kier molecular flexibility index (Phi) is 6.46. The van der Waals surface area contributed by atoms with E-state index in [4.69, 9.17) is 0 Å². The van der Waals surface area contributed by atoms with E-state index in [1.165, 1.54) is 17.8 Å². The topological polar surface area (TPSA) is 48.5 Å². The van der Waals surface area contributed by atoms with E-state index in [-0.39, 0.29) is 17.5 Å². The zero-order chi connectivity index (χ0) is 18.4. The number of amides is 1. The summed E-state index contributed by atoms with van der Waals surface area (Å²) in [5.74, 6) is 0.743. The third-order valence-electron chi connectivity index (χ3n) is 4.32. The van der Waals surface area contributed by atoms with Gasteiger partial charge in [0.1, 0.15) is 11.6 Å². The second-order valence-corrected chi connectivity index (χ2v) is 7.33. The standard InChI is InChI=1S/C19H23FN4OS/c1-23-8-10-24(11-9-23)18-7-6-15(12-21-18)13-22-19(25)14-26-17-5-3-2-4-16(17)20/h2-7,12H,8-11,13-14H2,1H3,(H,22,25). The van der Waals surface area contributed by atoms with E-state index in [9.17, 15) is 9.18 Å². The van der Waals surface area contributed by atoms with Crippen LogP contribution in [0.25, 0.3) is 0 Å². The fraction of sp³-hybridized carbons (Fsp3) is 0.368. The average molecular weight is 374 g/mol. The third kappa shape index (κ3) is 5.19. The highest BCUT2D eigenvalue weighted by molar-refractivity contribution is 8.00. The molecule has 1 N–H and O–H groups in total. The van der Waals surface area contributed by atoms with E-state index in [1.807, 2.05) is 12.1 Å². The van der Waals surface area contributed by atoms with Crippen molar-refractivity contribution in [2.75, 3.05) is 43.9 Å². The molecular weight excluding hydrogens is 351 g/mol. The van der Waals surface area contributed by atoms with Gasteiger partial charge in [0.05, 0.1) is 5.75 Å². The number of rotatable bonds is 6. The molecule has 0 unspecified atom stereocenters. The summed E-state index contributed by atoms with van der Waals surface area (Å²) in [7, 11) is 2.13. The number of hydrogen-bond acceptors (Lipinski definition) is 5. The van der Waals surface area contributed by atoms with Gasteiger partial charge in [-0.2, -0.15) is 0 Å². The molecule has 1 aliphatic heterocycles. The molecule has 138 valence electrons. The summed E-state index contributed by atoms with van der Waals surface area (Å²) in [5, 5.41) is 2.85. The number of nitrogens with one attached hydrogen (secondary N) is 1. The van der Waals surface area contributed by atoms with E-state index >= 15 is 0 Å². The lowest BCUT2D eigenvalue weighted by Gasteiger charge is -2.33. The summed E-state index contributed by atoms with van der Waals surface area (Å²) in [4.78, 5) is 21.5. The smallest absolute Gasteiger partial charge is 0.230 e. The monoisotopic (exact) mass is 374 g/mol. The van der Waals surface area contributed by atoms with Gasteiger partial charge in [-0.15, -0.1) is 11.8 Å². The Morgan fingerprint density at radius 3 is 2.65 bits per heavy atom. The minimum absolute atomic E-state index is 0.124. The van der Waals surface area contributed by atoms with E-state index in [0.717, 1.165) is 37.6 Å². The fourth-order valence-corrected chi connectivity index (χ4v) is 3.47. The van der Waals surface area contributed by atoms with Gasteiger partial charge in [-0.1, -0.05) is 18.2 Å². The summed E-state index contributed by atoms with van der Waals surface area (Å²) in [6, 6.07) is 10.5. The number of nitrogens with zero attached hydrogens (tertiary/aromatic N) is 3. The number of aromatic nitrogens is 1. The molecule has 0 aliphatic carbocycles. The van der Waals surface area contributed by atoms with Gasteiger partial charge in [0.25, 0.3) is 0 Å². The summed E-state index contributed by atoms with van der Waals surface area (Å²) < 4.78 is 13.5. The van der Waals surface area contributed by atoms with Crippen molar-refractivity contribution < 1.29 is 9.18 Å². The van der Waals surface area contributed by atoms with E-state index in [2.05, 4.69) is 27.1 Å². The molecule has 1 aromatic carbocycles. The Morgan fingerprint density at radius 2 is 1.96 bits per heavy atom. The SMILES string of the molecule is CN1CCN(c2ccc(CNC(=O)CSc3ccccc3F)cn2)CC1. The van der Waals surface area contributed by atoms with Gasteiger partial charge < -0.3 is 15.1 Å². The molecule has 0 spiro atoms. The number of anilines is 1. The lowest BCUT2D eigenvalue weighted by molar-refractivity contribution is -0.118. The molecule has 2 heterocycles. The molecule has 1 aliphatic rings. The molecular formula is C19H23FN4OS. The van der Waals surface area contributed by atoms with Crippen LogP contribution in [0.5, 0.6) is 0 Å². The highest BCUT2D eigenvalue weighted by atomic mass is 32.2. The Bertz CT molecular complexity index is 733. The number of carbonyl (C=O) groups excluding carboxylic acids is 1. The van der Waals surface area contributed by atoms with Crippen LogP contribution in [0.15, 0.2) is 47.5 Å². The van der Waals surface area contributed by atoms with Crippen molar-refractivity contribution in [2.45, 2.75) is 11.4 Å². The zero-order valence-electron chi connectivity index (χ0n) is 14.8. The molecule has 7 heteroatoms. The molecule has 0 radical (unpaired) electrons. The maximum Gasteiger partial charge on any atom is 0.230 e. The van der Waals surface area contributed by atoms with Gasteiger partial charge in [-0.3, -0.25) is 4.79 Å². The summed E-state index contributed by atoms with van der Waals surface area (Å²) >= 11 is 1.20. The Hall–Kier alpha value is -2.12. The molecule has 1 amide bonds. The van der Waals surface area contributed by atoms with E-state index in [0.29, 0.717) is 11.4 Å². The molecule has 5 nitrogen and oxygen atoms in total. The van der Waals surface area contributed by atoms with Crippen molar-refractivity contribution in [2.24, 2.45) is 0 Å². The molecule has 2 aromatic rings. The largest absolute Gasteiger partial charge is 0.354 e. The lowest BCUT2D eigenvalue weighted by atomic mass is 10.2. The molecule has 1 aromatic heterocycles. The highest BCUT2D eigenvalue weighted by Crippen LogP contribution is 2.20. The van der Waals surface area contributed by atoms with E-state index in [1.54, 1.807) is 24.4 Å². The van der Waals surface area contributed by atoms with Gasteiger partial charge in [0.2, 0.25) is 5.91 Å². The first-order valence-corrected chi connectivity index (χ1v) is 9.63. The highest BCUT2D eigenvalue weighted by Gasteiger charge is 2.15. The zero-order valence-corrected chi connectivity index (χ0v) is 15.6. The Balaban J connectivity index is 1.44. The maximum absolute atomic E-state index is 13.5. The first-order chi connectivity index (χ1) is 12.6. The van der Waals surface area contributed by atoms with Crippen molar-refractivity contribution in [3.8, 4) is 0 Å². The van der Waals surface area contributed by atoms with Crippen molar-refractivity contribution in [1.82, 2.24) is 15.2 Å². The summed E-state index contributed by atoms with van der Waals surface area (Å²) in [5.41, 5.74) is 0.951. The van der Waals surface area contributed by atoms with Crippen LogP contribution in [0.4, 0.5) is 10.2 Å². The molecule has 0 atom stereocenters. The van der Waals surface area contributed by atoms with Crippen LogP contribution < -0.4 is 10.2 Å². The minimum Gasteiger partial charge on any atom is -0.354 e. The Labute approximate surface area is 157 Å². The van der Waals surface area contributed by atoms with Crippen LogP contribution in [-0.4, -0.2) is 54.8 Å². The fourth-order valence-electron chi connectivity index (χ4n) is 2.70. The molecule has 1 fully saturated rings. The van der Waals surface area contributed by atoms with E-state index < -0.39 is 0 Å². The van der Waals surface area contributed by atoms with Gasteiger partial charge in [0, 0.05) is 43.8 Å². The number of pyridine rings is 1. The molecule has 1 saturated heterocycles. The van der Waals surface area contributed by atoms with Gasteiger partial charge >= 0.3 is 0 Å². The number of thioether (sulfide) groups is 1. The number of halogens is 1. The number of carbonyl (C=O) groups is 1. The second-order valence-electron chi connectivity index (χ2n) is 6.31. The van der Waals surface area contributed by atoms with Crippen molar-refractivity contribution in [3.63, 3.8) is 0 Å². The van der Waals surface area contributed by atoms with Crippen LogP contribution in [0.3, 0.4) is 0 Å². The number of benzene rings is 1. The third-order valence-corrected chi connectivity index (χ3v) is 5.37. The summed E-state index contributed by atoms with van der Waals surface area (Å²) in [6.45, 7) is 4.46. The van der Waals surface area contributed by atoms with Crippen molar-refractivity contribution in [1.29, 1.82) is 0 Å². The van der Waals surface area contributed by atoms with Gasteiger partial charge in [-0.25, -0.2) is 9.37 Å². The number of hydrogen-bond donors (Lipinski definition) is 1.